The molecule has 0 bridgehead atoms. The number of esters is 1. The third kappa shape index (κ3) is 5.17. The second-order valence-corrected chi connectivity index (χ2v) is 10.9. The van der Waals surface area contributed by atoms with Crippen molar-refractivity contribution in [2.24, 2.45) is 0 Å². The first kappa shape index (κ1) is 24.7. The molecule has 0 N–H and O–H groups in total. The molecule has 0 spiro atoms. The van der Waals surface area contributed by atoms with E-state index in [-0.39, 0.29) is 25.0 Å². The molecule has 0 saturated carbocycles. The van der Waals surface area contributed by atoms with Crippen molar-refractivity contribution < 1.29 is 26.7 Å². The summed E-state index contributed by atoms with van der Waals surface area (Å²) in [6, 6.07) is 40.3. The normalized spacial score (nSPS) is 11.8. The molecular formula is C28H26ClO3P. The molecule has 4 rings (SSSR count). The topological polar surface area (TPSA) is 35.5 Å². The first-order chi connectivity index (χ1) is 15.8. The third-order valence-electron chi connectivity index (χ3n) is 5.49. The lowest BCUT2D eigenvalue weighted by Crippen LogP contribution is -3.00. The van der Waals surface area contributed by atoms with Gasteiger partial charge in [0.15, 0.2) is 7.26 Å². The maximum absolute atomic E-state index is 13.6. The highest BCUT2D eigenvalue weighted by molar-refractivity contribution is 7.96. The fraction of sp³-hybridized carbons (Fsp3) is 0.107. The Labute approximate surface area is 202 Å². The zero-order chi connectivity index (χ0) is 22.2. The molecule has 0 aliphatic rings. The number of rotatable bonds is 8. The van der Waals surface area contributed by atoms with Crippen LogP contribution in [0.15, 0.2) is 121 Å². The fourth-order valence-electron chi connectivity index (χ4n) is 4.06. The molecule has 0 aliphatic heterocycles. The van der Waals surface area contributed by atoms with E-state index in [0.29, 0.717) is 0 Å². The van der Waals surface area contributed by atoms with E-state index in [1.165, 1.54) is 0 Å². The lowest BCUT2D eigenvalue weighted by Gasteiger charge is -2.32. The SMILES string of the molecule is COC(C(=O)OCc1ccccc1)[P+](c1ccccc1)(c1ccccc1)c1ccccc1.[Cl-]. The second kappa shape index (κ2) is 11.8. The van der Waals surface area contributed by atoms with Gasteiger partial charge in [-0.1, -0.05) is 84.9 Å². The molecule has 4 aromatic rings. The number of carbonyl (C=O) groups is 1. The molecule has 3 nitrogen and oxygen atoms in total. The van der Waals surface area contributed by atoms with Crippen molar-refractivity contribution in [3.05, 3.63) is 127 Å². The molecule has 0 aromatic heterocycles. The molecule has 0 fully saturated rings. The minimum absolute atomic E-state index is 0. The summed E-state index contributed by atoms with van der Waals surface area (Å²) in [5, 5.41) is 3.21. The number of hydrogen-bond acceptors (Lipinski definition) is 3. The Morgan fingerprint density at radius 1 is 0.667 bits per heavy atom. The van der Waals surface area contributed by atoms with Crippen LogP contribution in [0.4, 0.5) is 0 Å². The van der Waals surface area contributed by atoms with Crippen LogP contribution in [-0.2, 0) is 20.9 Å². The van der Waals surface area contributed by atoms with Gasteiger partial charge < -0.3 is 21.9 Å². The van der Waals surface area contributed by atoms with Gasteiger partial charge in [0.25, 0.3) is 5.85 Å². The van der Waals surface area contributed by atoms with E-state index in [1.807, 2.05) is 84.9 Å². The molecule has 1 atom stereocenters. The predicted molar refractivity (Wildman–Crippen MR) is 132 cm³/mol. The zero-order valence-electron chi connectivity index (χ0n) is 18.4. The molecule has 0 radical (unpaired) electrons. The van der Waals surface area contributed by atoms with E-state index >= 15 is 0 Å². The van der Waals surface area contributed by atoms with E-state index in [0.717, 1.165) is 21.5 Å². The van der Waals surface area contributed by atoms with Crippen LogP contribution < -0.4 is 28.3 Å². The Hall–Kier alpha value is -2.97. The van der Waals surface area contributed by atoms with Crippen molar-refractivity contribution in [1.82, 2.24) is 0 Å². The first-order valence-corrected chi connectivity index (χ1v) is 12.4. The van der Waals surface area contributed by atoms with Crippen molar-refractivity contribution in [3.8, 4) is 0 Å². The van der Waals surface area contributed by atoms with Crippen LogP contribution in [0.1, 0.15) is 5.56 Å². The maximum Gasteiger partial charge on any atom is 0.376 e. The van der Waals surface area contributed by atoms with Crippen LogP contribution in [0.25, 0.3) is 0 Å². The predicted octanol–water partition coefficient (Wildman–Crippen LogP) is 1.70. The van der Waals surface area contributed by atoms with E-state index in [9.17, 15) is 4.79 Å². The molecule has 0 aliphatic carbocycles. The Morgan fingerprint density at radius 3 is 1.39 bits per heavy atom. The van der Waals surface area contributed by atoms with Gasteiger partial charge in [-0.15, -0.1) is 0 Å². The van der Waals surface area contributed by atoms with Gasteiger partial charge in [-0.25, -0.2) is 4.79 Å². The largest absolute Gasteiger partial charge is 1.00 e. The Morgan fingerprint density at radius 2 is 1.03 bits per heavy atom. The summed E-state index contributed by atoms with van der Waals surface area (Å²) in [5.74, 6) is -1.14. The summed E-state index contributed by atoms with van der Waals surface area (Å²) >= 11 is 0. The molecule has 5 heteroatoms. The van der Waals surface area contributed by atoms with Crippen molar-refractivity contribution in [2.45, 2.75) is 12.5 Å². The monoisotopic (exact) mass is 476 g/mol. The Balaban J connectivity index is 0.00000306. The van der Waals surface area contributed by atoms with Crippen molar-refractivity contribution in [3.63, 3.8) is 0 Å². The van der Waals surface area contributed by atoms with Crippen molar-refractivity contribution in [1.29, 1.82) is 0 Å². The number of hydrogen-bond donors (Lipinski definition) is 0. The van der Waals surface area contributed by atoms with Gasteiger partial charge >= 0.3 is 5.97 Å². The summed E-state index contributed by atoms with van der Waals surface area (Å²) in [5.41, 5.74) is 0.943. The third-order valence-corrected chi connectivity index (χ3v) is 9.95. The van der Waals surface area contributed by atoms with Crippen LogP contribution >= 0.6 is 7.26 Å². The molecule has 168 valence electrons. The van der Waals surface area contributed by atoms with Gasteiger partial charge in [0.2, 0.25) is 0 Å². The number of benzene rings is 4. The summed E-state index contributed by atoms with van der Waals surface area (Å²) < 4.78 is 11.8. The van der Waals surface area contributed by atoms with Gasteiger partial charge in [-0.2, -0.15) is 0 Å². The van der Waals surface area contributed by atoms with Crippen LogP contribution in [0.2, 0.25) is 0 Å². The molecule has 0 heterocycles. The van der Waals surface area contributed by atoms with Gasteiger partial charge in [0, 0.05) is 7.11 Å². The number of methoxy groups -OCH3 is 1. The number of halogens is 1. The standard InChI is InChI=1S/C28H26O3P.ClH/c1-30-28(27(29)31-22-23-14-6-2-7-15-23)32(24-16-8-3-9-17-24,25-18-10-4-11-19-25)26-20-12-5-13-21-26;/h2-21,28H,22H2,1H3;1H/q+1;/p-1. The molecular weight excluding hydrogens is 451 g/mol. The highest BCUT2D eigenvalue weighted by atomic mass is 35.5. The van der Waals surface area contributed by atoms with Crippen LogP contribution in [0, 0.1) is 0 Å². The molecule has 1 unspecified atom stereocenters. The van der Waals surface area contributed by atoms with Gasteiger partial charge in [0.1, 0.15) is 22.5 Å². The van der Waals surface area contributed by atoms with E-state index < -0.39 is 13.1 Å². The summed E-state index contributed by atoms with van der Waals surface area (Å²) in [7, 11) is -0.942. The number of carbonyl (C=O) groups excluding carboxylic acids is 1. The fourth-order valence-corrected chi connectivity index (χ4v) is 8.40. The van der Waals surface area contributed by atoms with Gasteiger partial charge in [-0.05, 0) is 42.0 Å². The highest BCUT2D eigenvalue weighted by Crippen LogP contribution is 2.60. The van der Waals surface area contributed by atoms with Gasteiger partial charge in [-0.3, -0.25) is 0 Å². The number of ether oxygens (including phenoxy) is 2. The minimum Gasteiger partial charge on any atom is -1.00 e. The smallest absolute Gasteiger partial charge is 0.376 e. The zero-order valence-corrected chi connectivity index (χ0v) is 20.0. The highest BCUT2D eigenvalue weighted by Gasteiger charge is 2.57. The summed E-state index contributed by atoms with van der Waals surface area (Å²) in [6.45, 7) is 0.206. The lowest BCUT2D eigenvalue weighted by atomic mass is 10.2. The van der Waals surface area contributed by atoms with Crippen molar-refractivity contribution in [2.75, 3.05) is 7.11 Å². The minimum atomic E-state index is -2.54. The maximum atomic E-state index is 13.6. The van der Waals surface area contributed by atoms with Crippen LogP contribution in [0.5, 0.6) is 0 Å². The van der Waals surface area contributed by atoms with Crippen LogP contribution in [0.3, 0.4) is 0 Å². The quantitative estimate of drug-likeness (QED) is 0.287. The van der Waals surface area contributed by atoms with E-state index in [2.05, 4.69) is 36.4 Å². The van der Waals surface area contributed by atoms with Crippen LogP contribution in [-0.4, -0.2) is 18.9 Å². The van der Waals surface area contributed by atoms with Gasteiger partial charge in [0.05, 0.1) is 0 Å². The average Bonchev–Trinajstić information content (AvgIpc) is 2.88. The first-order valence-electron chi connectivity index (χ1n) is 10.6. The van der Waals surface area contributed by atoms with E-state index in [4.69, 9.17) is 9.47 Å². The van der Waals surface area contributed by atoms with E-state index in [1.54, 1.807) is 7.11 Å². The lowest BCUT2D eigenvalue weighted by molar-refractivity contribution is -0.151. The molecule has 33 heavy (non-hydrogen) atoms. The summed E-state index contributed by atoms with van der Waals surface area (Å²) in [4.78, 5) is 13.6. The Bertz CT molecular complexity index is 1030. The molecule has 0 amide bonds. The average molecular weight is 477 g/mol. The molecule has 4 aromatic carbocycles. The Kier molecular flexibility index (Phi) is 8.79. The molecule has 0 saturated heterocycles. The second-order valence-electron chi connectivity index (χ2n) is 7.41. The van der Waals surface area contributed by atoms with Crippen molar-refractivity contribution >= 4 is 29.1 Å². The summed E-state index contributed by atoms with van der Waals surface area (Å²) in [6.07, 6.45) is 0.